The topological polar surface area (TPSA) is 67.4 Å². The predicted octanol–water partition coefficient (Wildman–Crippen LogP) is 2.88. The van der Waals surface area contributed by atoms with Crippen molar-refractivity contribution in [2.24, 2.45) is 4.99 Å². The molecule has 1 saturated heterocycles. The summed E-state index contributed by atoms with van der Waals surface area (Å²) in [5.41, 5.74) is 1.02. The molecule has 1 aliphatic rings. The van der Waals surface area contributed by atoms with Crippen molar-refractivity contribution < 1.29 is 14.2 Å². The van der Waals surface area contributed by atoms with E-state index in [0.717, 1.165) is 62.4 Å². The molecule has 30 heavy (non-hydrogen) atoms. The van der Waals surface area contributed by atoms with Crippen molar-refractivity contribution in [2.45, 2.75) is 39.2 Å². The molecule has 2 rings (SSSR count). The minimum atomic E-state index is -0.141. The highest BCUT2D eigenvalue weighted by molar-refractivity contribution is 14.0. The standard InChI is InChI=1S/C22H38N4O3.HI/c1-7-23-21(24-15-17(2)26-10-12-29-13-11-26)25-16-22(3,4)18-8-9-19(27-5)20(14-18)28-6;/h8-9,14,17H,7,10-13,15-16H2,1-6H3,(H2,23,24,25);1H. The SMILES string of the molecule is CCNC(=NCC(C)(C)c1ccc(OC)c(OC)c1)NCC(C)N1CCOCC1.I. The fourth-order valence-electron chi connectivity index (χ4n) is 3.36. The van der Waals surface area contributed by atoms with E-state index in [1.807, 2.05) is 12.1 Å². The van der Waals surface area contributed by atoms with Crippen LogP contribution in [0.15, 0.2) is 23.2 Å². The van der Waals surface area contributed by atoms with Crippen LogP contribution in [0.25, 0.3) is 0 Å². The van der Waals surface area contributed by atoms with E-state index in [0.29, 0.717) is 12.6 Å². The van der Waals surface area contributed by atoms with E-state index in [2.05, 4.69) is 49.3 Å². The Labute approximate surface area is 199 Å². The Balaban J connectivity index is 0.00000450. The highest BCUT2D eigenvalue weighted by atomic mass is 127. The van der Waals surface area contributed by atoms with E-state index >= 15 is 0 Å². The maximum atomic E-state index is 5.46. The van der Waals surface area contributed by atoms with Gasteiger partial charge in [0.15, 0.2) is 17.5 Å². The van der Waals surface area contributed by atoms with E-state index in [1.165, 1.54) is 0 Å². The van der Waals surface area contributed by atoms with Gasteiger partial charge in [-0.2, -0.15) is 0 Å². The molecular weight excluding hydrogens is 495 g/mol. The van der Waals surface area contributed by atoms with E-state index in [1.54, 1.807) is 14.2 Å². The summed E-state index contributed by atoms with van der Waals surface area (Å²) in [7, 11) is 3.31. The van der Waals surface area contributed by atoms with Crippen LogP contribution >= 0.6 is 24.0 Å². The summed E-state index contributed by atoms with van der Waals surface area (Å²) < 4.78 is 16.3. The van der Waals surface area contributed by atoms with Gasteiger partial charge in [0, 0.05) is 37.6 Å². The Morgan fingerprint density at radius 1 is 1.17 bits per heavy atom. The van der Waals surface area contributed by atoms with Gasteiger partial charge in [-0.25, -0.2) is 0 Å². The van der Waals surface area contributed by atoms with Crippen molar-refractivity contribution >= 4 is 29.9 Å². The number of methoxy groups -OCH3 is 2. The third-order valence-corrected chi connectivity index (χ3v) is 5.38. The number of nitrogens with one attached hydrogen (secondary N) is 2. The van der Waals surface area contributed by atoms with Crippen molar-refractivity contribution in [3.05, 3.63) is 23.8 Å². The normalized spacial score (nSPS) is 16.4. The van der Waals surface area contributed by atoms with E-state index in [9.17, 15) is 0 Å². The Morgan fingerprint density at radius 3 is 2.43 bits per heavy atom. The van der Waals surface area contributed by atoms with Gasteiger partial charge < -0.3 is 24.8 Å². The number of halogens is 1. The molecule has 1 atom stereocenters. The zero-order valence-electron chi connectivity index (χ0n) is 19.3. The molecule has 0 spiro atoms. The molecule has 0 saturated carbocycles. The number of morpholine rings is 1. The zero-order valence-corrected chi connectivity index (χ0v) is 21.6. The summed E-state index contributed by atoms with van der Waals surface area (Å²) in [5, 5.41) is 6.85. The van der Waals surface area contributed by atoms with Gasteiger partial charge in [-0.1, -0.05) is 19.9 Å². The molecule has 0 aromatic heterocycles. The average molecular weight is 534 g/mol. The average Bonchev–Trinajstić information content (AvgIpc) is 2.75. The van der Waals surface area contributed by atoms with Crippen molar-refractivity contribution in [1.82, 2.24) is 15.5 Å². The Hall–Kier alpha value is -1.26. The summed E-state index contributed by atoms with van der Waals surface area (Å²) in [6.45, 7) is 14.7. The fraction of sp³-hybridized carbons (Fsp3) is 0.682. The molecule has 0 bridgehead atoms. The van der Waals surface area contributed by atoms with Gasteiger partial charge in [0.1, 0.15) is 0 Å². The second kappa shape index (κ2) is 13.2. The maximum absolute atomic E-state index is 5.46. The van der Waals surface area contributed by atoms with Crippen LogP contribution in [0.4, 0.5) is 0 Å². The molecule has 1 unspecified atom stereocenters. The fourth-order valence-corrected chi connectivity index (χ4v) is 3.36. The van der Waals surface area contributed by atoms with Crippen LogP contribution in [0, 0.1) is 0 Å². The smallest absolute Gasteiger partial charge is 0.191 e. The predicted molar refractivity (Wildman–Crippen MR) is 134 cm³/mol. The monoisotopic (exact) mass is 534 g/mol. The highest BCUT2D eigenvalue weighted by Gasteiger charge is 2.23. The molecule has 8 heteroatoms. The lowest BCUT2D eigenvalue weighted by Crippen LogP contribution is -2.49. The minimum absolute atomic E-state index is 0. The number of rotatable bonds is 9. The molecule has 1 heterocycles. The molecule has 7 nitrogen and oxygen atoms in total. The molecule has 0 aliphatic carbocycles. The molecule has 172 valence electrons. The lowest BCUT2D eigenvalue weighted by Gasteiger charge is -2.32. The highest BCUT2D eigenvalue weighted by Crippen LogP contribution is 2.33. The summed E-state index contributed by atoms with van der Waals surface area (Å²) in [4.78, 5) is 7.31. The number of hydrogen-bond acceptors (Lipinski definition) is 5. The number of nitrogens with zero attached hydrogens (tertiary/aromatic N) is 2. The first-order valence-corrected chi connectivity index (χ1v) is 10.5. The molecule has 2 N–H and O–H groups in total. The Kier molecular flexibility index (Phi) is 11.8. The van der Waals surface area contributed by atoms with Crippen molar-refractivity contribution in [1.29, 1.82) is 0 Å². The molecule has 1 aliphatic heterocycles. The lowest BCUT2D eigenvalue weighted by molar-refractivity contribution is 0.0211. The van der Waals surface area contributed by atoms with Crippen LogP contribution in [0.5, 0.6) is 11.5 Å². The summed E-state index contributed by atoms with van der Waals surface area (Å²) >= 11 is 0. The van der Waals surface area contributed by atoms with Gasteiger partial charge in [0.25, 0.3) is 0 Å². The first-order valence-electron chi connectivity index (χ1n) is 10.5. The van der Waals surface area contributed by atoms with Crippen LogP contribution in [-0.4, -0.2) is 77.1 Å². The van der Waals surface area contributed by atoms with Gasteiger partial charge >= 0.3 is 0 Å². The quantitative estimate of drug-likeness (QED) is 0.289. The van der Waals surface area contributed by atoms with E-state index < -0.39 is 0 Å². The number of aliphatic imine (C=N–C) groups is 1. The summed E-state index contributed by atoms with van der Waals surface area (Å²) in [6.07, 6.45) is 0. The zero-order chi connectivity index (χ0) is 21.3. The maximum Gasteiger partial charge on any atom is 0.191 e. The van der Waals surface area contributed by atoms with Crippen LogP contribution in [-0.2, 0) is 10.2 Å². The second-order valence-corrected chi connectivity index (χ2v) is 8.03. The molecule has 0 radical (unpaired) electrons. The van der Waals surface area contributed by atoms with Gasteiger partial charge in [-0.3, -0.25) is 9.89 Å². The number of ether oxygens (including phenoxy) is 3. The lowest BCUT2D eigenvalue weighted by atomic mass is 9.84. The minimum Gasteiger partial charge on any atom is -0.493 e. The van der Waals surface area contributed by atoms with Crippen molar-refractivity contribution in [3.8, 4) is 11.5 Å². The second-order valence-electron chi connectivity index (χ2n) is 8.03. The van der Waals surface area contributed by atoms with Gasteiger partial charge in [0.05, 0.1) is 34.0 Å². The summed E-state index contributed by atoms with van der Waals surface area (Å²) in [6, 6.07) is 6.50. The summed E-state index contributed by atoms with van der Waals surface area (Å²) in [5.74, 6) is 2.33. The van der Waals surface area contributed by atoms with Crippen LogP contribution in [0.2, 0.25) is 0 Å². The van der Waals surface area contributed by atoms with E-state index in [4.69, 9.17) is 19.2 Å². The number of benzene rings is 1. The number of guanidine groups is 1. The van der Waals surface area contributed by atoms with Crippen LogP contribution in [0.3, 0.4) is 0 Å². The molecule has 1 aromatic carbocycles. The van der Waals surface area contributed by atoms with Gasteiger partial charge in [0.2, 0.25) is 0 Å². The third-order valence-electron chi connectivity index (χ3n) is 5.38. The number of hydrogen-bond donors (Lipinski definition) is 2. The van der Waals surface area contributed by atoms with Crippen LogP contribution < -0.4 is 20.1 Å². The Morgan fingerprint density at radius 2 is 1.83 bits per heavy atom. The van der Waals surface area contributed by atoms with Crippen LogP contribution in [0.1, 0.15) is 33.3 Å². The first kappa shape index (κ1) is 26.8. The molecular formula is C22H39IN4O3. The largest absolute Gasteiger partial charge is 0.493 e. The van der Waals surface area contributed by atoms with E-state index in [-0.39, 0.29) is 29.4 Å². The first-order chi connectivity index (χ1) is 13.9. The van der Waals surface area contributed by atoms with Crippen molar-refractivity contribution in [2.75, 3.05) is 60.2 Å². The molecule has 1 fully saturated rings. The van der Waals surface area contributed by atoms with Crippen molar-refractivity contribution in [3.63, 3.8) is 0 Å². The molecule has 0 amide bonds. The Bertz CT molecular complexity index is 664. The molecule has 1 aromatic rings. The van der Waals surface area contributed by atoms with Gasteiger partial charge in [-0.05, 0) is 31.5 Å². The third kappa shape index (κ3) is 7.77. The van der Waals surface area contributed by atoms with Gasteiger partial charge in [-0.15, -0.1) is 24.0 Å².